The predicted octanol–water partition coefficient (Wildman–Crippen LogP) is -0.603. The second-order valence-electron chi connectivity index (χ2n) is 1.38. The molecule has 0 radical (unpaired) electrons. The molecule has 10 heavy (non-hydrogen) atoms. The maximum Gasteiger partial charge on any atom is 0.474 e. The molecule has 0 amide bonds. The molecule has 0 aromatic heterocycles. The highest BCUT2D eigenvalue weighted by Crippen LogP contribution is 2.28. The third kappa shape index (κ3) is 1.07. The van der Waals surface area contributed by atoms with Crippen molar-refractivity contribution >= 4 is 16.4 Å². The Morgan fingerprint density at radius 1 is 1.40 bits per heavy atom. The molecule has 0 unspecified atom stereocenters. The van der Waals surface area contributed by atoms with E-state index in [2.05, 4.69) is 8.37 Å². The smallest absolute Gasteiger partial charge is 0.316 e. The zero-order valence-electron chi connectivity index (χ0n) is 4.21. The summed E-state index contributed by atoms with van der Waals surface area (Å²) in [5, 5.41) is 0. The standard InChI is InChI=1S/C2F2O5S/c3-2(4)1(5)8-10(6,7)9-2. The zero-order chi connectivity index (χ0) is 7.99. The van der Waals surface area contributed by atoms with Crippen LogP contribution in [0.1, 0.15) is 0 Å². The minimum Gasteiger partial charge on any atom is -0.316 e. The molecule has 0 saturated carbocycles. The Bertz CT molecular complexity index is 265. The predicted molar refractivity (Wildman–Crippen MR) is 21.0 cm³/mol. The first kappa shape index (κ1) is 7.35. The van der Waals surface area contributed by atoms with Crippen molar-refractivity contribution in [1.82, 2.24) is 0 Å². The third-order valence-corrected chi connectivity index (χ3v) is 1.39. The molecule has 0 atom stereocenters. The number of carbonyl (C=O) groups excluding carboxylic acids is 1. The lowest BCUT2D eigenvalue weighted by Crippen LogP contribution is -2.23. The van der Waals surface area contributed by atoms with E-state index in [0.29, 0.717) is 0 Å². The van der Waals surface area contributed by atoms with Crippen molar-refractivity contribution in [3.8, 4) is 0 Å². The Morgan fingerprint density at radius 3 is 2.00 bits per heavy atom. The molecule has 1 aliphatic rings. The van der Waals surface area contributed by atoms with Crippen LogP contribution in [0.3, 0.4) is 0 Å². The Balaban J connectivity index is 3.03. The fourth-order valence-electron chi connectivity index (χ4n) is 0.320. The topological polar surface area (TPSA) is 69.7 Å². The first-order valence-electron chi connectivity index (χ1n) is 1.91. The maximum atomic E-state index is 11.8. The Kier molecular flexibility index (Phi) is 1.20. The van der Waals surface area contributed by atoms with Gasteiger partial charge < -0.3 is 4.18 Å². The molecular weight excluding hydrogens is 174 g/mol. The molecule has 1 saturated heterocycles. The van der Waals surface area contributed by atoms with Crippen LogP contribution in [-0.4, -0.2) is 20.5 Å². The van der Waals surface area contributed by atoms with Crippen molar-refractivity contribution in [1.29, 1.82) is 0 Å². The van der Waals surface area contributed by atoms with Crippen LogP contribution < -0.4 is 0 Å². The van der Waals surface area contributed by atoms with Gasteiger partial charge in [-0.15, -0.1) is 0 Å². The van der Waals surface area contributed by atoms with Gasteiger partial charge in [-0.1, -0.05) is 0 Å². The molecule has 0 aromatic rings. The van der Waals surface area contributed by atoms with Crippen molar-refractivity contribution < 1.29 is 30.4 Å². The molecule has 0 aromatic carbocycles. The van der Waals surface area contributed by atoms with Crippen molar-refractivity contribution in [3.63, 3.8) is 0 Å². The summed E-state index contributed by atoms with van der Waals surface area (Å²) in [6, 6.07) is 0. The van der Waals surface area contributed by atoms with E-state index in [1.54, 1.807) is 0 Å². The minimum absolute atomic E-state index is 2.22. The Labute approximate surface area is 53.9 Å². The van der Waals surface area contributed by atoms with Crippen LogP contribution >= 0.6 is 0 Å². The Hall–Kier alpha value is -0.760. The fourth-order valence-corrected chi connectivity index (χ4v) is 0.961. The number of hydrogen-bond acceptors (Lipinski definition) is 5. The van der Waals surface area contributed by atoms with Crippen LogP contribution in [0.25, 0.3) is 0 Å². The number of halogens is 2. The summed E-state index contributed by atoms with van der Waals surface area (Å²) in [4.78, 5) is 9.84. The van der Waals surface area contributed by atoms with Gasteiger partial charge in [-0.2, -0.15) is 21.4 Å². The number of carbonyl (C=O) groups is 1. The van der Waals surface area contributed by atoms with Gasteiger partial charge in [0, 0.05) is 0 Å². The van der Waals surface area contributed by atoms with Crippen molar-refractivity contribution in [3.05, 3.63) is 0 Å². The summed E-state index contributed by atoms with van der Waals surface area (Å²) in [5.41, 5.74) is 0. The first-order chi connectivity index (χ1) is 4.33. The van der Waals surface area contributed by atoms with Crippen molar-refractivity contribution in [2.75, 3.05) is 0 Å². The summed E-state index contributed by atoms with van der Waals surface area (Å²) in [7, 11) is -4.80. The van der Waals surface area contributed by atoms with E-state index in [0.717, 1.165) is 0 Å². The lowest BCUT2D eigenvalue weighted by atomic mass is 10.7. The van der Waals surface area contributed by atoms with Gasteiger partial charge in [0.1, 0.15) is 0 Å². The van der Waals surface area contributed by atoms with Gasteiger partial charge in [0.2, 0.25) is 0 Å². The zero-order valence-corrected chi connectivity index (χ0v) is 5.02. The largest absolute Gasteiger partial charge is 0.474 e. The van der Waals surface area contributed by atoms with E-state index in [4.69, 9.17) is 0 Å². The highest BCUT2D eigenvalue weighted by atomic mass is 32.3. The van der Waals surface area contributed by atoms with E-state index >= 15 is 0 Å². The van der Waals surface area contributed by atoms with Gasteiger partial charge in [-0.3, -0.25) is 0 Å². The van der Waals surface area contributed by atoms with Crippen LogP contribution in [-0.2, 0) is 23.6 Å². The van der Waals surface area contributed by atoms with E-state index in [1.807, 2.05) is 0 Å². The molecule has 1 aliphatic heterocycles. The van der Waals surface area contributed by atoms with Gasteiger partial charge in [0.25, 0.3) is 0 Å². The molecule has 5 nitrogen and oxygen atoms in total. The van der Waals surface area contributed by atoms with Crippen molar-refractivity contribution in [2.45, 2.75) is 6.11 Å². The van der Waals surface area contributed by atoms with Gasteiger partial charge in [0.15, 0.2) is 0 Å². The van der Waals surface area contributed by atoms with Gasteiger partial charge in [-0.25, -0.2) is 4.79 Å². The lowest BCUT2D eigenvalue weighted by molar-refractivity contribution is -0.189. The summed E-state index contributed by atoms with van der Waals surface area (Å²) < 4.78 is 49.4. The highest BCUT2D eigenvalue weighted by molar-refractivity contribution is 7.82. The molecule has 0 spiro atoms. The van der Waals surface area contributed by atoms with E-state index in [-0.39, 0.29) is 0 Å². The summed E-state index contributed by atoms with van der Waals surface area (Å²) >= 11 is 0. The lowest BCUT2D eigenvalue weighted by Gasteiger charge is -1.94. The molecule has 0 aliphatic carbocycles. The van der Waals surface area contributed by atoms with Gasteiger partial charge in [-0.05, 0) is 0 Å². The van der Waals surface area contributed by atoms with Crippen LogP contribution in [0, 0.1) is 0 Å². The first-order valence-corrected chi connectivity index (χ1v) is 3.24. The summed E-state index contributed by atoms with van der Waals surface area (Å²) in [6.45, 7) is 0. The molecule has 0 N–H and O–H groups in total. The molecule has 0 bridgehead atoms. The van der Waals surface area contributed by atoms with Crippen molar-refractivity contribution in [2.24, 2.45) is 0 Å². The normalized spacial score (nSPS) is 28.0. The van der Waals surface area contributed by atoms with Crippen LogP contribution in [0.5, 0.6) is 0 Å². The van der Waals surface area contributed by atoms with Crippen LogP contribution in [0.2, 0.25) is 0 Å². The number of alkyl halides is 2. The number of hydrogen-bond donors (Lipinski definition) is 0. The maximum absolute atomic E-state index is 11.8. The second kappa shape index (κ2) is 1.64. The fraction of sp³-hybridized carbons (Fsp3) is 0.500. The quantitative estimate of drug-likeness (QED) is 0.490. The summed E-state index contributed by atoms with van der Waals surface area (Å²) in [5.74, 6) is -2.22. The monoisotopic (exact) mass is 174 g/mol. The Morgan fingerprint density at radius 2 is 1.90 bits per heavy atom. The molecule has 58 valence electrons. The van der Waals surface area contributed by atoms with Gasteiger partial charge in [0.05, 0.1) is 0 Å². The molecule has 1 heterocycles. The molecular formula is C2F2O5S. The van der Waals surface area contributed by atoms with E-state index in [1.165, 1.54) is 0 Å². The molecule has 1 fully saturated rings. The molecule has 8 heteroatoms. The number of rotatable bonds is 0. The molecule has 1 rings (SSSR count). The second-order valence-corrected chi connectivity index (χ2v) is 2.53. The average Bonchev–Trinajstić information content (AvgIpc) is 1.73. The minimum atomic E-state index is -4.80. The average molecular weight is 174 g/mol. The van der Waals surface area contributed by atoms with Crippen LogP contribution in [0.4, 0.5) is 8.78 Å². The summed E-state index contributed by atoms with van der Waals surface area (Å²) in [6.07, 6.45) is -4.36. The van der Waals surface area contributed by atoms with Crippen LogP contribution in [0.15, 0.2) is 0 Å². The van der Waals surface area contributed by atoms with E-state index < -0.39 is 22.5 Å². The highest BCUT2D eigenvalue weighted by Gasteiger charge is 2.56. The third-order valence-electron chi connectivity index (χ3n) is 0.622. The van der Waals surface area contributed by atoms with E-state index in [9.17, 15) is 22.0 Å². The SMILES string of the molecule is O=C1OS(=O)(=O)OC1(F)F. The van der Waals surface area contributed by atoms with Gasteiger partial charge >= 0.3 is 22.5 Å².